The minimum absolute atomic E-state index is 0.114. The summed E-state index contributed by atoms with van der Waals surface area (Å²) in [6.07, 6.45) is 0.809. The normalized spacial score (nSPS) is 11.3. The molecule has 1 amide bonds. The second kappa shape index (κ2) is 9.41. The highest BCUT2D eigenvalue weighted by Gasteiger charge is 2.11. The van der Waals surface area contributed by atoms with Crippen LogP contribution in [0.5, 0.6) is 0 Å². The van der Waals surface area contributed by atoms with E-state index < -0.39 is 10.0 Å². The topological polar surface area (TPSA) is 75.3 Å². The number of benzene rings is 2. The van der Waals surface area contributed by atoms with Crippen molar-refractivity contribution >= 4 is 45.0 Å². The summed E-state index contributed by atoms with van der Waals surface area (Å²) < 4.78 is 25.7. The third-order valence-electron chi connectivity index (χ3n) is 3.66. The van der Waals surface area contributed by atoms with E-state index in [1.165, 1.54) is 19.2 Å². The van der Waals surface area contributed by atoms with Crippen LogP contribution in [-0.2, 0) is 21.2 Å². The van der Waals surface area contributed by atoms with Gasteiger partial charge in [-0.2, -0.15) is 0 Å². The molecule has 0 heterocycles. The number of rotatable bonds is 8. The number of halogens is 1. The zero-order valence-corrected chi connectivity index (χ0v) is 17.0. The predicted molar refractivity (Wildman–Crippen MR) is 107 cm³/mol. The van der Waals surface area contributed by atoms with Crippen LogP contribution >= 0.6 is 23.4 Å². The minimum Gasteiger partial charge on any atom is -0.325 e. The number of nitrogens with one attached hydrogen (secondary N) is 2. The van der Waals surface area contributed by atoms with E-state index in [9.17, 15) is 13.2 Å². The fourth-order valence-electron chi connectivity index (χ4n) is 2.30. The average Bonchev–Trinajstić information content (AvgIpc) is 2.63. The molecule has 0 saturated heterocycles. The summed E-state index contributed by atoms with van der Waals surface area (Å²) in [6.45, 7) is 2.04. The molecule has 0 unspecified atom stereocenters. The number of hydrogen-bond donors (Lipinski definition) is 2. The van der Waals surface area contributed by atoms with Gasteiger partial charge in [0.2, 0.25) is 15.9 Å². The van der Waals surface area contributed by atoms with Crippen LogP contribution in [-0.4, -0.2) is 27.1 Å². The van der Waals surface area contributed by atoms with E-state index >= 15 is 0 Å². The van der Waals surface area contributed by atoms with Crippen molar-refractivity contribution in [1.29, 1.82) is 0 Å². The number of sulfonamides is 1. The molecule has 0 aliphatic carbocycles. The molecule has 140 valence electrons. The largest absolute Gasteiger partial charge is 0.325 e. The first-order valence-electron chi connectivity index (χ1n) is 8.10. The Morgan fingerprint density at radius 1 is 1.15 bits per heavy atom. The van der Waals surface area contributed by atoms with Gasteiger partial charge in [0.15, 0.2) is 0 Å². The lowest BCUT2D eigenvalue weighted by Crippen LogP contribution is -2.18. The molecule has 26 heavy (non-hydrogen) atoms. The maximum atomic E-state index is 12.3. The van der Waals surface area contributed by atoms with E-state index in [0.717, 1.165) is 16.2 Å². The van der Waals surface area contributed by atoms with E-state index in [4.69, 9.17) is 11.6 Å². The third kappa shape index (κ3) is 5.74. The summed E-state index contributed by atoms with van der Waals surface area (Å²) >= 11 is 7.66. The molecule has 0 fully saturated rings. The van der Waals surface area contributed by atoms with Crippen molar-refractivity contribution in [2.75, 3.05) is 18.1 Å². The Kier molecular flexibility index (Phi) is 7.52. The van der Waals surface area contributed by atoms with Gasteiger partial charge in [-0.3, -0.25) is 4.79 Å². The van der Waals surface area contributed by atoms with Crippen LogP contribution in [0.4, 0.5) is 5.69 Å². The second-order valence-electron chi connectivity index (χ2n) is 5.47. The Morgan fingerprint density at radius 3 is 2.46 bits per heavy atom. The van der Waals surface area contributed by atoms with Crippen molar-refractivity contribution in [1.82, 2.24) is 4.72 Å². The average molecular weight is 413 g/mol. The van der Waals surface area contributed by atoms with Gasteiger partial charge in [0, 0.05) is 16.3 Å². The fourth-order valence-corrected chi connectivity index (χ4v) is 3.95. The van der Waals surface area contributed by atoms with Gasteiger partial charge in [0.1, 0.15) is 0 Å². The molecule has 0 aliphatic rings. The van der Waals surface area contributed by atoms with Crippen molar-refractivity contribution < 1.29 is 13.2 Å². The number of carbonyl (C=O) groups excluding carboxylic acids is 1. The van der Waals surface area contributed by atoms with Crippen molar-refractivity contribution in [2.45, 2.75) is 29.6 Å². The highest BCUT2D eigenvalue weighted by Crippen LogP contribution is 2.30. The summed E-state index contributed by atoms with van der Waals surface area (Å²) in [6, 6.07) is 11.9. The van der Waals surface area contributed by atoms with E-state index in [2.05, 4.69) is 10.0 Å². The molecular weight excluding hydrogens is 392 g/mol. The van der Waals surface area contributed by atoms with Gasteiger partial charge in [-0.05, 0) is 55.1 Å². The minimum atomic E-state index is -3.45. The second-order valence-corrected chi connectivity index (χ2v) is 9.10. The van der Waals surface area contributed by atoms with Crippen LogP contribution < -0.4 is 10.0 Å². The van der Waals surface area contributed by atoms with Gasteiger partial charge in [-0.15, -0.1) is 11.8 Å². The van der Waals surface area contributed by atoms with Gasteiger partial charge in [0.25, 0.3) is 0 Å². The summed E-state index contributed by atoms with van der Waals surface area (Å²) in [5, 5.41) is 3.47. The summed E-state index contributed by atoms with van der Waals surface area (Å²) in [5.41, 5.74) is 1.61. The zero-order valence-electron chi connectivity index (χ0n) is 14.6. The number of hydrogen-bond acceptors (Lipinski definition) is 4. The highest BCUT2D eigenvalue weighted by molar-refractivity contribution is 7.99. The van der Waals surface area contributed by atoms with Crippen molar-refractivity contribution in [3.8, 4) is 0 Å². The van der Waals surface area contributed by atoms with Crippen LogP contribution in [0.15, 0.2) is 52.3 Å². The van der Waals surface area contributed by atoms with E-state index in [1.807, 2.05) is 13.0 Å². The lowest BCUT2D eigenvalue weighted by Gasteiger charge is -2.11. The van der Waals surface area contributed by atoms with E-state index in [-0.39, 0.29) is 10.8 Å². The molecule has 0 spiro atoms. The summed E-state index contributed by atoms with van der Waals surface area (Å²) in [5.74, 6) is 0.781. The third-order valence-corrected chi connectivity index (χ3v) is 6.28. The maximum absolute atomic E-state index is 12.3. The smallest absolute Gasteiger partial charge is 0.240 e. The van der Waals surface area contributed by atoms with Crippen LogP contribution in [0.25, 0.3) is 0 Å². The van der Waals surface area contributed by atoms with Gasteiger partial charge in [-0.25, -0.2) is 13.1 Å². The van der Waals surface area contributed by atoms with Gasteiger partial charge < -0.3 is 5.32 Å². The van der Waals surface area contributed by atoms with Crippen LogP contribution in [0, 0.1) is 0 Å². The predicted octanol–water partition coefficient (Wildman–Crippen LogP) is 3.93. The molecule has 0 aliphatic heterocycles. The summed E-state index contributed by atoms with van der Waals surface area (Å²) in [4.78, 5) is 13.4. The number of thioether (sulfide) groups is 1. The molecular formula is C18H21ClN2O3S2. The molecule has 5 nitrogen and oxygen atoms in total. The van der Waals surface area contributed by atoms with E-state index in [0.29, 0.717) is 23.6 Å². The molecule has 0 bridgehead atoms. The van der Waals surface area contributed by atoms with Crippen molar-refractivity contribution in [2.24, 2.45) is 0 Å². The lowest BCUT2D eigenvalue weighted by atomic mass is 10.1. The van der Waals surface area contributed by atoms with Gasteiger partial charge in [0.05, 0.1) is 10.6 Å². The Balaban J connectivity index is 1.98. The Bertz CT molecular complexity index is 869. The first-order valence-corrected chi connectivity index (χ1v) is 10.9. The molecule has 2 rings (SSSR count). The molecule has 8 heteroatoms. The number of amides is 1. The maximum Gasteiger partial charge on any atom is 0.240 e. The lowest BCUT2D eigenvalue weighted by molar-refractivity contribution is -0.116. The molecule has 0 aromatic heterocycles. The molecule has 2 aromatic carbocycles. The summed E-state index contributed by atoms with van der Waals surface area (Å²) in [7, 11) is -2.08. The van der Waals surface area contributed by atoms with E-state index in [1.54, 1.807) is 36.0 Å². The van der Waals surface area contributed by atoms with Crippen molar-refractivity contribution in [3.05, 3.63) is 53.1 Å². The highest BCUT2D eigenvalue weighted by atomic mass is 35.5. The Hall–Kier alpha value is -1.54. The standard InChI is InChI=1S/C18H21ClN2O3S2/c1-3-25-17-10-7-14(19)12-16(17)21-18(22)11-6-13-4-8-15(9-5-13)26(23,24)20-2/h4-5,7-10,12,20H,3,6,11H2,1-2H3,(H,21,22). The Labute approximate surface area is 163 Å². The molecule has 2 aromatic rings. The van der Waals surface area contributed by atoms with Crippen LogP contribution in [0.1, 0.15) is 18.9 Å². The zero-order chi connectivity index (χ0) is 19.2. The molecule has 0 saturated carbocycles. The van der Waals surface area contributed by atoms with Gasteiger partial charge in [-0.1, -0.05) is 30.7 Å². The monoisotopic (exact) mass is 412 g/mol. The molecule has 0 radical (unpaired) electrons. The number of carbonyl (C=O) groups is 1. The number of anilines is 1. The quantitative estimate of drug-likeness (QED) is 0.644. The van der Waals surface area contributed by atoms with Crippen LogP contribution in [0.2, 0.25) is 5.02 Å². The SMILES string of the molecule is CCSc1ccc(Cl)cc1NC(=O)CCc1ccc(S(=O)(=O)NC)cc1. The Morgan fingerprint density at radius 2 is 1.85 bits per heavy atom. The number of aryl methyl sites for hydroxylation is 1. The first kappa shape index (κ1) is 20.8. The van der Waals surface area contributed by atoms with Crippen LogP contribution in [0.3, 0.4) is 0 Å². The van der Waals surface area contributed by atoms with Crippen molar-refractivity contribution in [3.63, 3.8) is 0 Å². The fraction of sp³-hybridized carbons (Fsp3) is 0.278. The molecule has 0 atom stereocenters. The van der Waals surface area contributed by atoms with Gasteiger partial charge >= 0.3 is 0 Å². The first-order chi connectivity index (χ1) is 12.4. The molecule has 2 N–H and O–H groups in total.